The van der Waals surface area contributed by atoms with Crippen molar-refractivity contribution in [2.75, 3.05) is 0 Å². The molecule has 108 valence electrons. The topological polar surface area (TPSA) is 26.3 Å². The van der Waals surface area contributed by atoms with Crippen LogP contribution in [-0.2, 0) is 6.61 Å². The lowest BCUT2D eigenvalue weighted by Gasteiger charge is -2.07. The molecule has 3 rings (SSSR count). The Kier molecular flexibility index (Phi) is 4.30. The van der Waals surface area contributed by atoms with Gasteiger partial charge in [0, 0.05) is 11.1 Å². The molecule has 0 heterocycles. The van der Waals surface area contributed by atoms with Gasteiger partial charge in [0.15, 0.2) is 5.78 Å². The number of benzene rings is 3. The second-order valence-electron chi connectivity index (χ2n) is 5.00. The minimum Gasteiger partial charge on any atom is -0.489 e. The standard InChI is InChI=1S/C20H16O2/c21-20(17-9-3-1-4-10-17)18-11-7-8-16(14-18)15-22-19-12-5-2-6-13-19/h1-14H,15H2. The van der Waals surface area contributed by atoms with Crippen LogP contribution >= 0.6 is 0 Å². The smallest absolute Gasteiger partial charge is 0.193 e. The van der Waals surface area contributed by atoms with Gasteiger partial charge in [-0.1, -0.05) is 66.7 Å². The molecule has 0 bridgehead atoms. The van der Waals surface area contributed by atoms with Crippen LogP contribution in [-0.4, -0.2) is 5.78 Å². The number of hydrogen-bond donors (Lipinski definition) is 0. The van der Waals surface area contributed by atoms with E-state index in [0.29, 0.717) is 17.7 Å². The van der Waals surface area contributed by atoms with E-state index in [1.54, 1.807) is 0 Å². The summed E-state index contributed by atoms with van der Waals surface area (Å²) >= 11 is 0. The third-order valence-corrected chi connectivity index (χ3v) is 3.37. The molecule has 0 spiro atoms. The third kappa shape index (κ3) is 3.41. The largest absolute Gasteiger partial charge is 0.489 e. The number of rotatable bonds is 5. The first-order valence-electron chi connectivity index (χ1n) is 7.19. The van der Waals surface area contributed by atoms with Crippen LogP contribution in [0.5, 0.6) is 5.75 Å². The van der Waals surface area contributed by atoms with Crippen LogP contribution in [0.3, 0.4) is 0 Å². The first-order chi connectivity index (χ1) is 10.8. The SMILES string of the molecule is O=C(c1ccccc1)c1cccc(COc2ccccc2)c1. The molecule has 2 heteroatoms. The first kappa shape index (κ1) is 14.1. The summed E-state index contributed by atoms with van der Waals surface area (Å²) in [5.74, 6) is 0.851. The van der Waals surface area contributed by atoms with Crippen LogP contribution in [0.2, 0.25) is 0 Å². The van der Waals surface area contributed by atoms with Gasteiger partial charge in [0.1, 0.15) is 12.4 Å². The number of ether oxygens (including phenoxy) is 1. The average Bonchev–Trinajstić information content (AvgIpc) is 2.61. The van der Waals surface area contributed by atoms with Crippen LogP contribution < -0.4 is 4.74 Å². The van der Waals surface area contributed by atoms with E-state index in [0.717, 1.165) is 11.3 Å². The number of hydrogen-bond acceptors (Lipinski definition) is 2. The highest BCUT2D eigenvalue weighted by molar-refractivity contribution is 6.09. The van der Waals surface area contributed by atoms with Crippen molar-refractivity contribution in [1.29, 1.82) is 0 Å². The van der Waals surface area contributed by atoms with E-state index in [1.165, 1.54) is 0 Å². The minimum atomic E-state index is 0.0298. The van der Waals surface area contributed by atoms with Crippen molar-refractivity contribution in [3.63, 3.8) is 0 Å². The highest BCUT2D eigenvalue weighted by Crippen LogP contribution is 2.15. The van der Waals surface area contributed by atoms with Gasteiger partial charge >= 0.3 is 0 Å². The maximum atomic E-state index is 12.4. The first-order valence-corrected chi connectivity index (χ1v) is 7.19. The van der Waals surface area contributed by atoms with Gasteiger partial charge in [0.2, 0.25) is 0 Å². The Morgan fingerprint density at radius 3 is 2.09 bits per heavy atom. The van der Waals surface area contributed by atoms with Crippen molar-refractivity contribution < 1.29 is 9.53 Å². The predicted octanol–water partition coefficient (Wildman–Crippen LogP) is 4.50. The van der Waals surface area contributed by atoms with Crippen LogP contribution in [0.1, 0.15) is 21.5 Å². The second-order valence-corrected chi connectivity index (χ2v) is 5.00. The molecule has 0 saturated carbocycles. The molecule has 3 aromatic carbocycles. The molecule has 0 saturated heterocycles. The zero-order valence-electron chi connectivity index (χ0n) is 12.1. The van der Waals surface area contributed by atoms with E-state index < -0.39 is 0 Å². The molecule has 0 aliphatic heterocycles. The third-order valence-electron chi connectivity index (χ3n) is 3.37. The molecule has 0 atom stereocenters. The zero-order valence-corrected chi connectivity index (χ0v) is 12.1. The van der Waals surface area contributed by atoms with Gasteiger partial charge in [-0.15, -0.1) is 0 Å². The Morgan fingerprint density at radius 2 is 1.36 bits per heavy atom. The molecule has 0 aromatic heterocycles. The van der Waals surface area contributed by atoms with E-state index in [2.05, 4.69) is 0 Å². The van der Waals surface area contributed by atoms with Crippen LogP contribution in [0.25, 0.3) is 0 Å². The molecular formula is C20H16O2. The quantitative estimate of drug-likeness (QED) is 0.646. The summed E-state index contributed by atoms with van der Waals surface area (Å²) in [6.07, 6.45) is 0. The Hall–Kier alpha value is -2.87. The fraction of sp³-hybridized carbons (Fsp3) is 0.0500. The van der Waals surface area contributed by atoms with Crippen molar-refractivity contribution in [1.82, 2.24) is 0 Å². The van der Waals surface area contributed by atoms with Gasteiger partial charge in [-0.3, -0.25) is 4.79 Å². The second kappa shape index (κ2) is 6.72. The molecule has 22 heavy (non-hydrogen) atoms. The lowest BCUT2D eigenvalue weighted by atomic mass is 10.0. The molecular weight excluding hydrogens is 272 g/mol. The van der Waals surface area contributed by atoms with E-state index in [9.17, 15) is 4.79 Å². The van der Waals surface area contributed by atoms with Gasteiger partial charge in [0.05, 0.1) is 0 Å². The van der Waals surface area contributed by atoms with Crippen molar-refractivity contribution in [3.8, 4) is 5.75 Å². The average molecular weight is 288 g/mol. The monoisotopic (exact) mass is 288 g/mol. The van der Waals surface area contributed by atoms with Gasteiger partial charge in [0.25, 0.3) is 0 Å². The Balaban J connectivity index is 1.74. The summed E-state index contributed by atoms with van der Waals surface area (Å²) in [7, 11) is 0. The molecule has 0 radical (unpaired) electrons. The molecule has 3 aromatic rings. The molecule has 0 amide bonds. The normalized spacial score (nSPS) is 10.2. The Labute approximate surface area is 130 Å². The lowest BCUT2D eigenvalue weighted by molar-refractivity contribution is 0.103. The van der Waals surface area contributed by atoms with Gasteiger partial charge in [-0.05, 0) is 23.8 Å². The molecule has 0 N–H and O–H groups in total. The zero-order chi connectivity index (χ0) is 15.2. The summed E-state index contributed by atoms with van der Waals surface area (Å²) in [6, 6.07) is 26.5. The number of para-hydroxylation sites is 1. The number of carbonyl (C=O) groups is 1. The van der Waals surface area contributed by atoms with Gasteiger partial charge in [-0.25, -0.2) is 0 Å². The van der Waals surface area contributed by atoms with Crippen LogP contribution in [0.15, 0.2) is 84.9 Å². The number of carbonyl (C=O) groups excluding carboxylic acids is 1. The lowest BCUT2D eigenvalue weighted by Crippen LogP contribution is -2.03. The van der Waals surface area contributed by atoms with E-state index in [4.69, 9.17) is 4.74 Å². The van der Waals surface area contributed by atoms with Gasteiger partial charge in [-0.2, -0.15) is 0 Å². The van der Waals surface area contributed by atoms with Crippen molar-refractivity contribution in [2.45, 2.75) is 6.61 Å². The summed E-state index contributed by atoms with van der Waals surface area (Å²) in [4.78, 5) is 12.4. The summed E-state index contributed by atoms with van der Waals surface area (Å²) < 4.78 is 5.72. The molecule has 0 aliphatic carbocycles. The van der Waals surface area contributed by atoms with Crippen molar-refractivity contribution >= 4 is 5.78 Å². The molecule has 0 aliphatic rings. The summed E-state index contributed by atoms with van der Waals surface area (Å²) in [6.45, 7) is 0.444. The molecule has 0 unspecified atom stereocenters. The van der Waals surface area contributed by atoms with Crippen LogP contribution in [0, 0.1) is 0 Å². The van der Waals surface area contributed by atoms with Crippen molar-refractivity contribution in [3.05, 3.63) is 102 Å². The minimum absolute atomic E-state index is 0.0298. The molecule has 2 nitrogen and oxygen atoms in total. The van der Waals surface area contributed by atoms with E-state index in [1.807, 2.05) is 84.9 Å². The van der Waals surface area contributed by atoms with E-state index in [-0.39, 0.29) is 5.78 Å². The maximum Gasteiger partial charge on any atom is 0.193 e. The Bertz CT molecular complexity index is 749. The summed E-state index contributed by atoms with van der Waals surface area (Å²) in [5, 5.41) is 0. The highest BCUT2D eigenvalue weighted by Gasteiger charge is 2.09. The highest BCUT2D eigenvalue weighted by atomic mass is 16.5. The van der Waals surface area contributed by atoms with Crippen LogP contribution in [0.4, 0.5) is 0 Å². The van der Waals surface area contributed by atoms with Gasteiger partial charge < -0.3 is 4.74 Å². The molecule has 0 fully saturated rings. The van der Waals surface area contributed by atoms with E-state index >= 15 is 0 Å². The fourth-order valence-electron chi connectivity index (χ4n) is 2.24. The predicted molar refractivity (Wildman–Crippen MR) is 87.1 cm³/mol. The summed E-state index contributed by atoms with van der Waals surface area (Å²) in [5.41, 5.74) is 2.36. The Morgan fingerprint density at radius 1 is 0.727 bits per heavy atom. The van der Waals surface area contributed by atoms with Crippen molar-refractivity contribution in [2.24, 2.45) is 0 Å². The fourth-order valence-corrected chi connectivity index (χ4v) is 2.24. The number of ketones is 1. The maximum absolute atomic E-state index is 12.4.